The van der Waals surface area contributed by atoms with Crippen molar-refractivity contribution < 1.29 is 13.5 Å². The highest BCUT2D eigenvalue weighted by Gasteiger charge is 2.21. The van der Waals surface area contributed by atoms with Crippen LogP contribution < -0.4 is 5.32 Å². The molecule has 1 aromatic carbocycles. The number of anilines is 1. The smallest absolute Gasteiger partial charge is 0.178 e. The van der Waals surface area contributed by atoms with Crippen LogP contribution in [0.5, 0.6) is 0 Å². The molecule has 1 atom stereocenters. The molecular formula is C15H25NO3S. The fraction of sp³-hybridized carbons (Fsp3) is 0.600. The number of rotatable bonds is 7. The minimum Gasteiger partial charge on any atom is -0.388 e. The summed E-state index contributed by atoms with van der Waals surface area (Å²) in [7, 11) is -3.15. The van der Waals surface area contributed by atoms with Crippen LogP contribution in [0, 0.1) is 5.92 Å². The highest BCUT2D eigenvalue weighted by Crippen LogP contribution is 2.19. The Morgan fingerprint density at radius 2 is 1.80 bits per heavy atom. The second-order valence-electron chi connectivity index (χ2n) is 5.88. The predicted molar refractivity (Wildman–Crippen MR) is 82.7 cm³/mol. The van der Waals surface area contributed by atoms with Crippen molar-refractivity contribution in [1.82, 2.24) is 0 Å². The van der Waals surface area contributed by atoms with Gasteiger partial charge in [0.05, 0.1) is 16.2 Å². The molecule has 0 saturated carbocycles. The maximum atomic E-state index is 11.7. The molecule has 2 N–H and O–H groups in total. The van der Waals surface area contributed by atoms with Gasteiger partial charge in [-0.3, -0.25) is 0 Å². The van der Waals surface area contributed by atoms with Crippen molar-refractivity contribution in [2.24, 2.45) is 5.92 Å². The SMILES string of the molecule is CCS(=O)(=O)c1ccc(NCC(C)(O)CC(C)C)cc1. The van der Waals surface area contributed by atoms with Crippen LogP contribution in [0.4, 0.5) is 5.69 Å². The molecule has 20 heavy (non-hydrogen) atoms. The van der Waals surface area contributed by atoms with Crippen molar-refractivity contribution in [2.75, 3.05) is 17.6 Å². The Labute approximate surface area is 122 Å². The topological polar surface area (TPSA) is 66.4 Å². The Kier molecular flexibility index (Phi) is 5.59. The average Bonchev–Trinajstić information content (AvgIpc) is 2.35. The Morgan fingerprint density at radius 3 is 2.25 bits per heavy atom. The molecule has 4 nitrogen and oxygen atoms in total. The maximum absolute atomic E-state index is 11.7. The van der Waals surface area contributed by atoms with E-state index in [2.05, 4.69) is 19.2 Å². The lowest BCUT2D eigenvalue weighted by atomic mass is 9.94. The molecule has 5 heteroatoms. The summed E-state index contributed by atoms with van der Waals surface area (Å²) in [5.41, 5.74) is 0.0339. The quantitative estimate of drug-likeness (QED) is 0.812. The third kappa shape index (κ3) is 5.13. The second-order valence-corrected chi connectivity index (χ2v) is 8.15. The number of sulfone groups is 1. The summed E-state index contributed by atoms with van der Waals surface area (Å²) >= 11 is 0. The first-order chi connectivity index (χ1) is 9.16. The van der Waals surface area contributed by atoms with Gasteiger partial charge in [-0.05, 0) is 43.5 Å². The van der Waals surface area contributed by atoms with Crippen LogP contribution >= 0.6 is 0 Å². The van der Waals surface area contributed by atoms with E-state index < -0.39 is 15.4 Å². The van der Waals surface area contributed by atoms with Gasteiger partial charge in [0.15, 0.2) is 9.84 Å². The van der Waals surface area contributed by atoms with Crippen LogP contribution in [0.1, 0.15) is 34.1 Å². The molecule has 1 rings (SSSR count). The van der Waals surface area contributed by atoms with Gasteiger partial charge < -0.3 is 10.4 Å². The van der Waals surface area contributed by atoms with E-state index in [-0.39, 0.29) is 5.75 Å². The fourth-order valence-corrected chi connectivity index (χ4v) is 3.08. The van der Waals surface area contributed by atoms with E-state index in [9.17, 15) is 13.5 Å². The summed E-state index contributed by atoms with van der Waals surface area (Å²) in [6.07, 6.45) is 0.711. The molecule has 0 saturated heterocycles. The Bertz CT molecular complexity index is 519. The molecule has 0 heterocycles. The molecule has 0 radical (unpaired) electrons. The van der Waals surface area contributed by atoms with E-state index in [1.807, 2.05) is 0 Å². The van der Waals surface area contributed by atoms with E-state index in [1.165, 1.54) is 0 Å². The van der Waals surface area contributed by atoms with E-state index in [4.69, 9.17) is 0 Å². The number of benzene rings is 1. The summed E-state index contributed by atoms with van der Waals surface area (Å²) in [4.78, 5) is 0.333. The van der Waals surface area contributed by atoms with E-state index in [1.54, 1.807) is 38.1 Å². The predicted octanol–water partition coefficient (Wildman–Crippen LogP) is 2.69. The van der Waals surface area contributed by atoms with Gasteiger partial charge in [-0.2, -0.15) is 0 Å². The van der Waals surface area contributed by atoms with E-state index >= 15 is 0 Å². The maximum Gasteiger partial charge on any atom is 0.178 e. The zero-order valence-corrected chi connectivity index (χ0v) is 13.5. The zero-order valence-electron chi connectivity index (χ0n) is 12.7. The first-order valence-corrected chi connectivity index (χ1v) is 8.60. The second kappa shape index (κ2) is 6.59. The summed E-state index contributed by atoms with van der Waals surface area (Å²) < 4.78 is 23.4. The lowest BCUT2D eigenvalue weighted by molar-refractivity contribution is 0.0515. The average molecular weight is 299 g/mol. The molecule has 0 aliphatic carbocycles. The third-order valence-corrected chi connectivity index (χ3v) is 4.87. The van der Waals surface area contributed by atoms with Crippen LogP contribution in [0.15, 0.2) is 29.2 Å². The van der Waals surface area contributed by atoms with Crippen LogP contribution in [0.25, 0.3) is 0 Å². The van der Waals surface area contributed by atoms with Crippen molar-refractivity contribution in [2.45, 2.75) is 44.6 Å². The Balaban J connectivity index is 2.67. The molecule has 0 bridgehead atoms. The van der Waals surface area contributed by atoms with Gasteiger partial charge in [-0.1, -0.05) is 20.8 Å². The highest BCUT2D eigenvalue weighted by molar-refractivity contribution is 7.91. The van der Waals surface area contributed by atoms with E-state index in [0.29, 0.717) is 23.8 Å². The molecule has 114 valence electrons. The normalized spacial score (nSPS) is 15.1. The summed E-state index contributed by atoms with van der Waals surface area (Å²) in [5, 5.41) is 13.4. The summed E-state index contributed by atoms with van der Waals surface area (Å²) in [6, 6.07) is 6.65. The van der Waals surface area contributed by atoms with Crippen molar-refractivity contribution in [3.05, 3.63) is 24.3 Å². The number of aliphatic hydroxyl groups is 1. The van der Waals surface area contributed by atoms with Gasteiger partial charge in [0, 0.05) is 12.2 Å². The van der Waals surface area contributed by atoms with Gasteiger partial charge in [0.2, 0.25) is 0 Å². The van der Waals surface area contributed by atoms with Crippen LogP contribution in [0.2, 0.25) is 0 Å². The van der Waals surface area contributed by atoms with Gasteiger partial charge in [-0.15, -0.1) is 0 Å². The fourth-order valence-electron chi connectivity index (χ4n) is 2.19. The van der Waals surface area contributed by atoms with Gasteiger partial charge >= 0.3 is 0 Å². The van der Waals surface area contributed by atoms with Crippen LogP contribution in [0.3, 0.4) is 0 Å². The molecule has 0 aliphatic heterocycles. The molecule has 0 spiro atoms. The molecule has 0 aromatic heterocycles. The molecule has 0 amide bonds. The molecule has 0 aliphatic rings. The van der Waals surface area contributed by atoms with Crippen molar-refractivity contribution in [1.29, 1.82) is 0 Å². The first kappa shape index (κ1) is 17.0. The number of hydrogen-bond acceptors (Lipinski definition) is 4. The van der Waals surface area contributed by atoms with Crippen molar-refractivity contribution in [3.8, 4) is 0 Å². The molecule has 0 fully saturated rings. The molecular weight excluding hydrogens is 274 g/mol. The van der Waals surface area contributed by atoms with Gasteiger partial charge in [0.25, 0.3) is 0 Å². The number of nitrogens with one attached hydrogen (secondary N) is 1. The lowest BCUT2D eigenvalue weighted by Crippen LogP contribution is -2.34. The Morgan fingerprint density at radius 1 is 1.25 bits per heavy atom. The van der Waals surface area contributed by atoms with Crippen molar-refractivity contribution >= 4 is 15.5 Å². The molecule has 1 unspecified atom stereocenters. The van der Waals surface area contributed by atoms with Crippen LogP contribution in [-0.2, 0) is 9.84 Å². The zero-order chi connectivity index (χ0) is 15.4. The minimum absolute atomic E-state index is 0.100. The number of hydrogen-bond donors (Lipinski definition) is 2. The molecule has 1 aromatic rings. The highest BCUT2D eigenvalue weighted by atomic mass is 32.2. The van der Waals surface area contributed by atoms with E-state index in [0.717, 1.165) is 5.69 Å². The van der Waals surface area contributed by atoms with Crippen LogP contribution in [-0.4, -0.2) is 31.4 Å². The summed E-state index contributed by atoms with van der Waals surface area (Å²) in [5.74, 6) is 0.520. The summed E-state index contributed by atoms with van der Waals surface area (Å²) in [6.45, 7) is 8.00. The third-order valence-electron chi connectivity index (χ3n) is 3.11. The standard InChI is InChI=1S/C15H25NO3S/c1-5-20(18,19)14-8-6-13(7-9-14)16-11-15(4,17)10-12(2)3/h6-9,12,16-17H,5,10-11H2,1-4H3. The van der Waals surface area contributed by atoms with Gasteiger partial charge in [0.1, 0.15) is 0 Å². The first-order valence-electron chi connectivity index (χ1n) is 6.95. The monoisotopic (exact) mass is 299 g/mol. The van der Waals surface area contributed by atoms with Crippen molar-refractivity contribution in [3.63, 3.8) is 0 Å². The minimum atomic E-state index is -3.15. The van der Waals surface area contributed by atoms with Gasteiger partial charge in [-0.25, -0.2) is 8.42 Å². The Hall–Kier alpha value is -1.07. The largest absolute Gasteiger partial charge is 0.388 e. The lowest BCUT2D eigenvalue weighted by Gasteiger charge is -2.26.